The summed E-state index contributed by atoms with van der Waals surface area (Å²) < 4.78 is 0. The first-order valence-electron chi connectivity index (χ1n) is 10.0. The Morgan fingerprint density at radius 1 is 0.964 bits per heavy atom. The maximum absolute atomic E-state index is 11.9. The largest absolute Gasteiger partial charge is 0.465 e. The molecule has 0 spiro atoms. The maximum Gasteiger partial charge on any atom is 0.407 e. The van der Waals surface area contributed by atoms with Crippen molar-refractivity contribution in [2.24, 2.45) is 0 Å². The Balaban J connectivity index is 1.75. The number of nitrogens with zero attached hydrogens (tertiary/aromatic N) is 3. The van der Waals surface area contributed by atoms with E-state index in [4.69, 9.17) is 0 Å². The van der Waals surface area contributed by atoms with Gasteiger partial charge < -0.3 is 14.9 Å². The van der Waals surface area contributed by atoms with E-state index >= 15 is 0 Å². The van der Waals surface area contributed by atoms with Gasteiger partial charge in [0.05, 0.1) is 0 Å². The van der Waals surface area contributed by atoms with Gasteiger partial charge in [-0.15, -0.1) is 0 Å². The number of fused-ring (bicyclic) bond motifs is 1. The Morgan fingerprint density at radius 3 is 2.04 bits per heavy atom. The molecule has 2 aromatic carbocycles. The second-order valence-corrected chi connectivity index (χ2v) is 8.26. The van der Waals surface area contributed by atoms with Gasteiger partial charge in [0, 0.05) is 43.7 Å². The SMILES string of the molecule is CN(C)[C@H]1C[C@H]2CN(C(=O)O)C[C@@H](C(c3ccccc3)c3ccccc3)N2C1. The van der Waals surface area contributed by atoms with Crippen molar-refractivity contribution in [3.05, 3.63) is 71.8 Å². The van der Waals surface area contributed by atoms with Crippen molar-refractivity contribution in [2.75, 3.05) is 33.7 Å². The summed E-state index contributed by atoms with van der Waals surface area (Å²) in [4.78, 5) is 18.4. The van der Waals surface area contributed by atoms with Crippen LogP contribution in [0.4, 0.5) is 4.79 Å². The van der Waals surface area contributed by atoms with Gasteiger partial charge in [-0.1, -0.05) is 60.7 Å². The third kappa shape index (κ3) is 3.64. The summed E-state index contributed by atoms with van der Waals surface area (Å²) in [6.45, 7) is 2.14. The van der Waals surface area contributed by atoms with Crippen molar-refractivity contribution < 1.29 is 9.90 Å². The third-order valence-corrected chi connectivity index (χ3v) is 6.40. The molecule has 0 saturated carbocycles. The molecule has 4 rings (SSSR count). The van der Waals surface area contributed by atoms with Crippen LogP contribution in [0.3, 0.4) is 0 Å². The van der Waals surface area contributed by atoms with Crippen molar-refractivity contribution >= 4 is 6.09 Å². The van der Waals surface area contributed by atoms with Gasteiger partial charge in [-0.25, -0.2) is 4.79 Å². The molecule has 2 aliphatic rings. The number of piperazine rings is 1. The van der Waals surface area contributed by atoms with Crippen LogP contribution in [0.5, 0.6) is 0 Å². The number of likely N-dealkylation sites (N-methyl/N-ethyl adjacent to an activating group) is 1. The lowest BCUT2D eigenvalue weighted by molar-refractivity contribution is 0.0424. The highest BCUT2D eigenvalue weighted by molar-refractivity contribution is 5.65. The molecule has 1 N–H and O–H groups in total. The lowest BCUT2D eigenvalue weighted by Gasteiger charge is -2.46. The minimum Gasteiger partial charge on any atom is -0.465 e. The summed E-state index contributed by atoms with van der Waals surface area (Å²) in [6, 6.07) is 21.9. The van der Waals surface area contributed by atoms with E-state index < -0.39 is 6.09 Å². The van der Waals surface area contributed by atoms with Gasteiger partial charge >= 0.3 is 6.09 Å². The molecule has 0 aliphatic carbocycles. The fourth-order valence-electron chi connectivity index (χ4n) is 4.95. The van der Waals surface area contributed by atoms with Crippen molar-refractivity contribution in [2.45, 2.75) is 30.5 Å². The number of benzene rings is 2. The molecule has 2 fully saturated rings. The monoisotopic (exact) mass is 379 g/mol. The highest BCUT2D eigenvalue weighted by Gasteiger charge is 2.46. The molecule has 2 saturated heterocycles. The van der Waals surface area contributed by atoms with E-state index in [1.54, 1.807) is 4.90 Å². The molecule has 1 amide bonds. The van der Waals surface area contributed by atoms with Gasteiger partial charge in [-0.2, -0.15) is 0 Å². The van der Waals surface area contributed by atoms with E-state index in [1.165, 1.54) is 11.1 Å². The molecule has 28 heavy (non-hydrogen) atoms. The van der Waals surface area contributed by atoms with Crippen LogP contribution in [0.2, 0.25) is 0 Å². The Kier molecular flexibility index (Phi) is 5.38. The zero-order valence-electron chi connectivity index (χ0n) is 16.6. The fourth-order valence-corrected chi connectivity index (χ4v) is 4.95. The molecule has 5 nitrogen and oxygen atoms in total. The standard InChI is InChI=1S/C23H29N3O2/c1-24(2)19-13-20-14-25(23(27)28)16-21(26(20)15-19)22(17-9-5-3-6-10-17)18-11-7-4-8-12-18/h3-12,19-22H,13-16H2,1-2H3,(H,27,28)/t19-,20-,21-/m0/s1. The normalized spacial score (nSPS) is 25.3. The minimum absolute atomic E-state index is 0.129. The van der Waals surface area contributed by atoms with Gasteiger partial charge in [-0.3, -0.25) is 4.90 Å². The number of hydrogen-bond acceptors (Lipinski definition) is 3. The predicted octanol–water partition coefficient (Wildman–Crippen LogP) is 3.19. The smallest absolute Gasteiger partial charge is 0.407 e. The predicted molar refractivity (Wildman–Crippen MR) is 111 cm³/mol. The molecular weight excluding hydrogens is 350 g/mol. The van der Waals surface area contributed by atoms with E-state index in [-0.39, 0.29) is 18.0 Å². The van der Waals surface area contributed by atoms with E-state index in [1.807, 2.05) is 12.1 Å². The molecular formula is C23H29N3O2. The molecule has 0 unspecified atom stereocenters. The molecule has 0 bridgehead atoms. The molecule has 2 heterocycles. The average Bonchev–Trinajstić information content (AvgIpc) is 3.14. The zero-order chi connectivity index (χ0) is 19.7. The van der Waals surface area contributed by atoms with Crippen LogP contribution in [0, 0.1) is 0 Å². The lowest BCUT2D eigenvalue weighted by atomic mass is 9.82. The molecule has 2 aliphatic heterocycles. The number of rotatable bonds is 4. The third-order valence-electron chi connectivity index (χ3n) is 6.40. The van der Waals surface area contributed by atoms with Crippen molar-refractivity contribution in [1.29, 1.82) is 0 Å². The minimum atomic E-state index is -0.808. The summed E-state index contributed by atoms with van der Waals surface area (Å²) in [5, 5.41) is 9.77. The molecule has 3 atom stereocenters. The summed E-state index contributed by atoms with van der Waals surface area (Å²) in [5.41, 5.74) is 2.50. The number of amides is 1. The van der Waals surface area contributed by atoms with E-state index in [0.717, 1.165) is 13.0 Å². The highest BCUT2D eigenvalue weighted by atomic mass is 16.4. The second-order valence-electron chi connectivity index (χ2n) is 8.26. The topological polar surface area (TPSA) is 47.0 Å². The number of carbonyl (C=O) groups is 1. The second kappa shape index (κ2) is 7.94. The molecule has 0 aromatic heterocycles. The Bertz CT molecular complexity index is 757. The molecule has 5 heteroatoms. The van der Waals surface area contributed by atoms with Gasteiger partial charge in [0.2, 0.25) is 0 Å². The maximum atomic E-state index is 11.9. The quantitative estimate of drug-likeness (QED) is 0.886. The van der Waals surface area contributed by atoms with E-state index in [2.05, 4.69) is 72.4 Å². The average molecular weight is 380 g/mol. The van der Waals surface area contributed by atoms with Gasteiger partial charge in [0.1, 0.15) is 0 Å². The van der Waals surface area contributed by atoms with Crippen LogP contribution in [-0.2, 0) is 0 Å². The molecule has 148 valence electrons. The van der Waals surface area contributed by atoms with Crippen LogP contribution in [0.25, 0.3) is 0 Å². The fraction of sp³-hybridized carbons (Fsp3) is 0.435. The van der Waals surface area contributed by atoms with E-state index in [0.29, 0.717) is 19.1 Å². The first-order chi connectivity index (χ1) is 13.5. The van der Waals surface area contributed by atoms with Gasteiger partial charge in [0.25, 0.3) is 0 Å². The number of hydrogen-bond donors (Lipinski definition) is 1. The summed E-state index contributed by atoms with van der Waals surface area (Å²) in [7, 11) is 4.25. The van der Waals surface area contributed by atoms with Crippen molar-refractivity contribution in [3.8, 4) is 0 Å². The highest BCUT2D eigenvalue weighted by Crippen LogP contribution is 2.38. The van der Waals surface area contributed by atoms with E-state index in [9.17, 15) is 9.90 Å². The van der Waals surface area contributed by atoms with Crippen LogP contribution < -0.4 is 0 Å². The van der Waals surface area contributed by atoms with Crippen LogP contribution in [0.15, 0.2) is 60.7 Å². The van der Waals surface area contributed by atoms with Crippen molar-refractivity contribution in [3.63, 3.8) is 0 Å². The summed E-state index contributed by atoms with van der Waals surface area (Å²) in [5.74, 6) is 0.146. The summed E-state index contributed by atoms with van der Waals surface area (Å²) in [6.07, 6.45) is 0.210. The van der Waals surface area contributed by atoms with Crippen LogP contribution >= 0.6 is 0 Å². The first kappa shape index (κ1) is 19.0. The Hall–Kier alpha value is -2.37. The van der Waals surface area contributed by atoms with Crippen molar-refractivity contribution in [1.82, 2.24) is 14.7 Å². The Labute approximate surface area is 167 Å². The first-order valence-corrected chi connectivity index (χ1v) is 10.0. The molecule has 2 aromatic rings. The van der Waals surface area contributed by atoms with Gasteiger partial charge in [0.15, 0.2) is 0 Å². The van der Waals surface area contributed by atoms with Crippen LogP contribution in [0.1, 0.15) is 23.5 Å². The van der Waals surface area contributed by atoms with Crippen LogP contribution in [-0.4, -0.2) is 77.8 Å². The summed E-state index contributed by atoms with van der Waals surface area (Å²) >= 11 is 0. The molecule has 0 radical (unpaired) electrons. The van der Waals surface area contributed by atoms with Gasteiger partial charge in [-0.05, 0) is 31.6 Å². The number of carboxylic acid groups (broad SMARTS) is 1. The zero-order valence-corrected chi connectivity index (χ0v) is 16.6. The lowest BCUT2D eigenvalue weighted by Crippen LogP contribution is -2.59. The Morgan fingerprint density at radius 2 is 1.54 bits per heavy atom.